The number of carbonyl (C=O) groups is 1. The van der Waals surface area contributed by atoms with Crippen molar-refractivity contribution in [1.29, 1.82) is 0 Å². The fourth-order valence-corrected chi connectivity index (χ4v) is 1.92. The second kappa shape index (κ2) is 4.15. The number of rotatable bonds is 3. The summed E-state index contributed by atoms with van der Waals surface area (Å²) in [6, 6.07) is 6.26. The first-order chi connectivity index (χ1) is 7.90. The van der Waals surface area contributed by atoms with E-state index in [-0.39, 0.29) is 5.78 Å². The lowest BCUT2D eigenvalue weighted by Crippen LogP contribution is -2.31. The summed E-state index contributed by atoms with van der Waals surface area (Å²) in [5.74, 6) is 0.771. The van der Waals surface area contributed by atoms with E-state index in [4.69, 9.17) is 4.74 Å². The molecule has 0 spiro atoms. The molecule has 0 unspecified atom stereocenters. The summed E-state index contributed by atoms with van der Waals surface area (Å²) in [6.07, 6.45) is 0. The summed E-state index contributed by atoms with van der Waals surface area (Å²) in [5.41, 5.74) is 1.11. The lowest BCUT2D eigenvalue weighted by Gasteiger charge is -2.14. The third-order valence-electron chi connectivity index (χ3n) is 2.91. The summed E-state index contributed by atoms with van der Waals surface area (Å²) in [4.78, 5) is 12.1. The summed E-state index contributed by atoms with van der Waals surface area (Å²) in [7, 11) is 0. The van der Waals surface area contributed by atoms with E-state index in [0.29, 0.717) is 17.4 Å². The van der Waals surface area contributed by atoms with Crippen LogP contribution in [0.5, 0.6) is 5.75 Å². The highest BCUT2D eigenvalue weighted by Crippen LogP contribution is 2.35. The van der Waals surface area contributed by atoms with Gasteiger partial charge in [-0.05, 0) is 31.5 Å². The molecule has 0 saturated carbocycles. The Hall–Kier alpha value is -1.35. The molecule has 92 valence electrons. The number of nitrogens with one attached hydrogen (secondary N) is 1. The summed E-state index contributed by atoms with van der Waals surface area (Å²) in [5, 5.41) is 3.34. The first-order valence-electron chi connectivity index (χ1n) is 6.00. The van der Waals surface area contributed by atoms with Gasteiger partial charge in [-0.15, -0.1) is 0 Å². The molecule has 1 heterocycles. The van der Waals surface area contributed by atoms with Gasteiger partial charge >= 0.3 is 0 Å². The molecular formula is C14H19NO2. The van der Waals surface area contributed by atoms with Crippen LogP contribution in [0.3, 0.4) is 0 Å². The van der Waals surface area contributed by atoms with Crippen molar-refractivity contribution in [3.05, 3.63) is 29.3 Å². The highest BCUT2D eigenvalue weighted by atomic mass is 16.5. The van der Waals surface area contributed by atoms with Crippen LogP contribution in [-0.4, -0.2) is 17.4 Å². The molecule has 3 nitrogen and oxygen atoms in total. The summed E-state index contributed by atoms with van der Waals surface area (Å²) < 4.78 is 5.62. The average Bonchev–Trinajstić information content (AvgIpc) is 2.47. The normalized spacial score (nSPS) is 17.1. The number of carbonyl (C=O) groups excluding carboxylic acids is 1. The number of hydrogen-bond acceptors (Lipinski definition) is 3. The Morgan fingerprint density at radius 1 is 1.35 bits per heavy atom. The zero-order chi connectivity index (χ0) is 12.6. The number of hydrogen-bond donors (Lipinski definition) is 1. The van der Waals surface area contributed by atoms with E-state index < -0.39 is 5.60 Å². The van der Waals surface area contributed by atoms with Crippen molar-refractivity contribution in [2.75, 3.05) is 0 Å². The molecule has 17 heavy (non-hydrogen) atoms. The summed E-state index contributed by atoms with van der Waals surface area (Å²) >= 11 is 0. The van der Waals surface area contributed by atoms with Gasteiger partial charge in [0.05, 0.1) is 5.56 Å². The monoisotopic (exact) mass is 233 g/mol. The maximum atomic E-state index is 12.1. The van der Waals surface area contributed by atoms with Gasteiger partial charge in [-0.3, -0.25) is 4.79 Å². The van der Waals surface area contributed by atoms with Crippen molar-refractivity contribution in [3.63, 3.8) is 0 Å². The molecule has 1 aromatic rings. The smallest absolute Gasteiger partial charge is 0.209 e. The van der Waals surface area contributed by atoms with Gasteiger partial charge in [0.25, 0.3) is 0 Å². The average molecular weight is 233 g/mol. The topological polar surface area (TPSA) is 38.3 Å². The number of fused-ring (bicyclic) bond motifs is 1. The minimum absolute atomic E-state index is 0.0684. The minimum atomic E-state index is -0.716. The molecule has 1 N–H and O–H groups in total. The molecule has 1 aliphatic rings. The molecular weight excluding hydrogens is 214 g/mol. The molecule has 1 aliphatic heterocycles. The fourth-order valence-electron chi connectivity index (χ4n) is 1.92. The Morgan fingerprint density at radius 2 is 2.06 bits per heavy atom. The van der Waals surface area contributed by atoms with Crippen LogP contribution in [0.1, 0.15) is 43.6 Å². The zero-order valence-corrected chi connectivity index (χ0v) is 10.8. The van der Waals surface area contributed by atoms with Gasteiger partial charge < -0.3 is 10.1 Å². The third kappa shape index (κ3) is 2.34. The van der Waals surface area contributed by atoms with Crippen molar-refractivity contribution >= 4 is 5.78 Å². The predicted octanol–water partition coefficient (Wildman–Crippen LogP) is 2.54. The number of ether oxygens (including phenoxy) is 1. The van der Waals surface area contributed by atoms with Gasteiger partial charge in [0.2, 0.25) is 5.78 Å². The van der Waals surface area contributed by atoms with Crippen LogP contribution < -0.4 is 10.1 Å². The third-order valence-corrected chi connectivity index (χ3v) is 2.91. The Morgan fingerprint density at radius 3 is 2.71 bits per heavy atom. The van der Waals surface area contributed by atoms with Crippen LogP contribution in [0.4, 0.5) is 0 Å². The van der Waals surface area contributed by atoms with Crippen molar-refractivity contribution in [2.45, 2.75) is 45.9 Å². The zero-order valence-electron chi connectivity index (χ0n) is 10.8. The molecule has 0 bridgehead atoms. The van der Waals surface area contributed by atoms with Crippen LogP contribution in [-0.2, 0) is 6.54 Å². The van der Waals surface area contributed by atoms with Crippen LogP contribution >= 0.6 is 0 Å². The molecule has 0 radical (unpaired) electrons. The first kappa shape index (κ1) is 12.1. The fraction of sp³-hybridized carbons (Fsp3) is 0.500. The van der Waals surface area contributed by atoms with E-state index in [9.17, 15) is 4.79 Å². The molecule has 0 atom stereocenters. The second-order valence-corrected chi connectivity index (χ2v) is 5.31. The highest BCUT2D eigenvalue weighted by Gasteiger charge is 2.39. The highest BCUT2D eigenvalue weighted by molar-refractivity contribution is 6.07. The standard InChI is InChI=1S/C14H19NO2/c1-9(2)15-8-10-5-6-12-11(7-10)13(16)14(3,4)17-12/h5-7,9,15H,8H2,1-4H3. The van der Waals surface area contributed by atoms with E-state index in [0.717, 1.165) is 12.1 Å². The molecule has 0 aliphatic carbocycles. The van der Waals surface area contributed by atoms with Crippen LogP contribution in [0.25, 0.3) is 0 Å². The number of benzene rings is 1. The molecule has 2 rings (SSSR count). The second-order valence-electron chi connectivity index (χ2n) is 5.31. The predicted molar refractivity (Wildman–Crippen MR) is 67.5 cm³/mol. The van der Waals surface area contributed by atoms with Gasteiger partial charge in [-0.2, -0.15) is 0 Å². The summed E-state index contributed by atoms with van der Waals surface area (Å²) in [6.45, 7) is 8.59. The van der Waals surface area contributed by atoms with Crippen molar-refractivity contribution in [2.24, 2.45) is 0 Å². The quantitative estimate of drug-likeness (QED) is 0.872. The Kier molecular flexibility index (Phi) is 2.96. The minimum Gasteiger partial charge on any atom is -0.479 e. The maximum Gasteiger partial charge on any atom is 0.209 e. The van der Waals surface area contributed by atoms with Crippen molar-refractivity contribution in [1.82, 2.24) is 5.32 Å². The number of ketones is 1. The molecule has 0 fully saturated rings. The van der Waals surface area contributed by atoms with Crippen molar-refractivity contribution in [3.8, 4) is 5.75 Å². The van der Waals surface area contributed by atoms with Gasteiger partial charge in [0.1, 0.15) is 5.75 Å². The molecule has 1 aromatic carbocycles. The lowest BCUT2D eigenvalue weighted by atomic mass is 9.98. The maximum absolute atomic E-state index is 12.1. The largest absolute Gasteiger partial charge is 0.479 e. The Labute approximate surface area is 102 Å². The first-order valence-corrected chi connectivity index (χ1v) is 6.00. The van der Waals surface area contributed by atoms with E-state index in [1.165, 1.54) is 0 Å². The van der Waals surface area contributed by atoms with Crippen LogP contribution in [0, 0.1) is 0 Å². The Balaban J connectivity index is 2.22. The van der Waals surface area contributed by atoms with E-state index in [2.05, 4.69) is 19.2 Å². The molecule has 3 heteroatoms. The number of Topliss-reactive ketones (excluding diaryl/α,β-unsaturated/α-hetero) is 1. The Bertz CT molecular complexity index is 450. The molecule has 0 saturated heterocycles. The van der Waals surface area contributed by atoms with E-state index in [1.54, 1.807) is 13.8 Å². The van der Waals surface area contributed by atoms with Gasteiger partial charge in [-0.1, -0.05) is 19.9 Å². The van der Waals surface area contributed by atoms with E-state index in [1.807, 2.05) is 18.2 Å². The lowest BCUT2D eigenvalue weighted by molar-refractivity contribution is 0.0684. The van der Waals surface area contributed by atoms with Crippen LogP contribution in [0.15, 0.2) is 18.2 Å². The molecule has 0 aromatic heterocycles. The van der Waals surface area contributed by atoms with Gasteiger partial charge in [0, 0.05) is 12.6 Å². The van der Waals surface area contributed by atoms with Crippen molar-refractivity contribution < 1.29 is 9.53 Å². The van der Waals surface area contributed by atoms with Crippen LogP contribution in [0.2, 0.25) is 0 Å². The van der Waals surface area contributed by atoms with E-state index >= 15 is 0 Å². The SMILES string of the molecule is CC(C)NCc1ccc2c(c1)C(=O)C(C)(C)O2. The van der Waals surface area contributed by atoms with Gasteiger partial charge in [-0.25, -0.2) is 0 Å². The van der Waals surface area contributed by atoms with Gasteiger partial charge in [0.15, 0.2) is 5.60 Å². The molecule has 0 amide bonds.